The molecule has 0 spiro atoms. The number of rotatable bonds is 7. The first-order valence-corrected chi connectivity index (χ1v) is 10.1. The fourth-order valence-corrected chi connectivity index (χ4v) is 3.28. The Kier molecular flexibility index (Phi) is 6.12. The summed E-state index contributed by atoms with van der Waals surface area (Å²) in [5.74, 6) is -1.70. The Hall–Kier alpha value is -4.53. The van der Waals surface area contributed by atoms with E-state index in [4.69, 9.17) is 5.73 Å². The van der Waals surface area contributed by atoms with Gasteiger partial charge in [-0.3, -0.25) is 18.8 Å². The minimum atomic E-state index is -0.520. The van der Waals surface area contributed by atoms with Crippen LogP contribution in [0.1, 0.15) is 42.5 Å². The molecule has 0 aliphatic rings. The van der Waals surface area contributed by atoms with E-state index in [1.807, 2.05) is 0 Å². The van der Waals surface area contributed by atoms with Gasteiger partial charge in [-0.2, -0.15) is 0 Å². The fourth-order valence-electron chi connectivity index (χ4n) is 3.28. The summed E-state index contributed by atoms with van der Waals surface area (Å²) >= 11 is 0. The first kappa shape index (κ1) is 21.7. The maximum atomic E-state index is 13.3. The first-order chi connectivity index (χ1) is 15.9. The second-order valence-electron chi connectivity index (χ2n) is 7.32. The number of imidazole rings is 1. The molecule has 9 heteroatoms. The van der Waals surface area contributed by atoms with E-state index in [1.54, 1.807) is 54.6 Å². The van der Waals surface area contributed by atoms with E-state index in [0.717, 1.165) is 5.56 Å². The van der Waals surface area contributed by atoms with Crippen molar-refractivity contribution in [3.8, 4) is 0 Å². The maximum absolute atomic E-state index is 13.3. The summed E-state index contributed by atoms with van der Waals surface area (Å²) in [6.45, 7) is 0.385. The molecule has 0 saturated carbocycles. The summed E-state index contributed by atoms with van der Waals surface area (Å²) in [4.78, 5) is 40.7. The van der Waals surface area contributed by atoms with Crippen LogP contribution >= 0.6 is 0 Å². The van der Waals surface area contributed by atoms with E-state index >= 15 is 0 Å². The van der Waals surface area contributed by atoms with Crippen molar-refractivity contribution in [2.75, 3.05) is 0 Å². The zero-order valence-corrected chi connectivity index (χ0v) is 17.4. The molecule has 2 aromatic carbocycles. The molecule has 166 valence electrons. The molecule has 2 aromatic heterocycles. The third kappa shape index (κ3) is 5.04. The van der Waals surface area contributed by atoms with Gasteiger partial charge in [0, 0.05) is 24.8 Å². The zero-order valence-electron chi connectivity index (χ0n) is 17.4. The van der Waals surface area contributed by atoms with Crippen molar-refractivity contribution in [3.63, 3.8) is 0 Å². The molecule has 0 radical (unpaired) electrons. The second-order valence-corrected chi connectivity index (χ2v) is 7.32. The first-order valence-electron chi connectivity index (χ1n) is 10.1. The van der Waals surface area contributed by atoms with Crippen LogP contribution in [0.3, 0.4) is 0 Å². The SMILES string of the molecule is NC(=O)c1ccc(CNC(=O)c2cccc3nc(C(=O)NCc4cccc(F)c4)cn23)cc1. The van der Waals surface area contributed by atoms with Crippen molar-refractivity contribution < 1.29 is 18.8 Å². The number of fused-ring (bicyclic) bond motifs is 1. The van der Waals surface area contributed by atoms with E-state index in [-0.39, 0.29) is 30.5 Å². The van der Waals surface area contributed by atoms with Crippen LogP contribution in [0.4, 0.5) is 4.39 Å². The molecule has 0 atom stereocenters. The topological polar surface area (TPSA) is 119 Å². The van der Waals surface area contributed by atoms with Crippen molar-refractivity contribution >= 4 is 23.4 Å². The van der Waals surface area contributed by atoms with Crippen molar-refractivity contribution in [1.29, 1.82) is 0 Å². The Bertz CT molecular complexity index is 1350. The molecular formula is C24H20FN5O3. The number of pyridine rings is 1. The Balaban J connectivity index is 1.45. The molecular weight excluding hydrogens is 425 g/mol. The van der Waals surface area contributed by atoms with E-state index in [1.165, 1.54) is 22.7 Å². The number of carbonyl (C=O) groups is 3. The van der Waals surface area contributed by atoms with Gasteiger partial charge in [-0.05, 0) is 47.5 Å². The molecule has 0 unspecified atom stereocenters. The van der Waals surface area contributed by atoms with Crippen LogP contribution in [-0.4, -0.2) is 27.1 Å². The van der Waals surface area contributed by atoms with Crippen LogP contribution in [0.25, 0.3) is 5.65 Å². The standard InChI is InChI=1S/C24H20FN5O3/c25-18-4-1-3-16(11-18)13-27-23(32)19-14-30-20(5-2-6-21(30)29-19)24(33)28-12-15-7-9-17(10-8-15)22(26)31/h1-11,14H,12-13H2,(H2,26,31)(H,27,32)(H,28,33). The monoisotopic (exact) mass is 445 g/mol. The van der Waals surface area contributed by atoms with E-state index < -0.39 is 11.8 Å². The van der Waals surface area contributed by atoms with E-state index in [9.17, 15) is 18.8 Å². The third-order valence-corrected chi connectivity index (χ3v) is 4.99. The number of benzene rings is 2. The van der Waals surface area contributed by atoms with Crippen molar-refractivity contribution in [3.05, 3.63) is 107 Å². The van der Waals surface area contributed by atoms with Gasteiger partial charge in [0.15, 0.2) is 0 Å². The summed E-state index contributed by atoms with van der Waals surface area (Å²) in [7, 11) is 0. The largest absolute Gasteiger partial charge is 0.366 e. The summed E-state index contributed by atoms with van der Waals surface area (Å²) in [5, 5.41) is 5.50. The molecule has 3 amide bonds. The van der Waals surface area contributed by atoms with Crippen molar-refractivity contribution in [2.45, 2.75) is 13.1 Å². The molecule has 4 N–H and O–H groups in total. The Morgan fingerprint density at radius 3 is 2.30 bits per heavy atom. The van der Waals surface area contributed by atoms with Crippen LogP contribution in [0.15, 0.2) is 72.9 Å². The lowest BCUT2D eigenvalue weighted by molar-refractivity contribution is 0.0935. The predicted octanol–water partition coefficient (Wildman–Crippen LogP) is 2.43. The van der Waals surface area contributed by atoms with Crippen LogP contribution in [0, 0.1) is 5.82 Å². The highest BCUT2D eigenvalue weighted by Gasteiger charge is 2.15. The van der Waals surface area contributed by atoms with Crippen LogP contribution in [-0.2, 0) is 13.1 Å². The molecule has 4 rings (SSSR count). The second kappa shape index (κ2) is 9.31. The molecule has 0 fully saturated rings. The lowest BCUT2D eigenvalue weighted by Crippen LogP contribution is -2.25. The zero-order chi connectivity index (χ0) is 23.4. The number of nitrogens with one attached hydrogen (secondary N) is 2. The number of hydrogen-bond acceptors (Lipinski definition) is 4. The molecule has 4 aromatic rings. The van der Waals surface area contributed by atoms with Gasteiger partial charge in [0.2, 0.25) is 5.91 Å². The number of nitrogens with two attached hydrogens (primary N) is 1. The van der Waals surface area contributed by atoms with Crippen molar-refractivity contribution in [1.82, 2.24) is 20.0 Å². The van der Waals surface area contributed by atoms with Gasteiger partial charge in [0.25, 0.3) is 11.8 Å². The van der Waals surface area contributed by atoms with E-state index in [0.29, 0.717) is 22.5 Å². The normalized spacial score (nSPS) is 10.7. The van der Waals surface area contributed by atoms with Gasteiger partial charge in [0.1, 0.15) is 22.9 Å². The Morgan fingerprint density at radius 1 is 0.879 bits per heavy atom. The van der Waals surface area contributed by atoms with Gasteiger partial charge in [-0.1, -0.05) is 30.3 Å². The van der Waals surface area contributed by atoms with Gasteiger partial charge in [-0.15, -0.1) is 0 Å². The molecule has 33 heavy (non-hydrogen) atoms. The number of amides is 3. The van der Waals surface area contributed by atoms with Crippen LogP contribution < -0.4 is 16.4 Å². The molecule has 2 heterocycles. The number of carbonyl (C=O) groups excluding carboxylic acids is 3. The summed E-state index contributed by atoms with van der Waals surface area (Å²) in [6.07, 6.45) is 1.48. The number of hydrogen-bond donors (Lipinski definition) is 3. The maximum Gasteiger partial charge on any atom is 0.271 e. The lowest BCUT2D eigenvalue weighted by atomic mass is 10.1. The predicted molar refractivity (Wildman–Crippen MR) is 119 cm³/mol. The molecule has 0 aliphatic heterocycles. The molecule has 8 nitrogen and oxygen atoms in total. The van der Waals surface area contributed by atoms with Gasteiger partial charge < -0.3 is 16.4 Å². The Morgan fingerprint density at radius 2 is 1.58 bits per heavy atom. The highest BCUT2D eigenvalue weighted by Crippen LogP contribution is 2.11. The third-order valence-electron chi connectivity index (χ3n) is 4.99. The average molecular weight is 445 g/mol. The summed E-state index contributed by atoms with van der Waals surface area (Å²) in [6, 6.07) is 17.5. The quantitative estimate of drug-likeness (QED) is 0.405. The van der Waals surface area contributed by atoms with Crippen LogP contribution in [0.2, 0.25) is 0 Å². The minimum absolute atomic E-state index is 0.133. The molecule has 0 bridgehead atoms. The smallest absolute Gasteiger partial charge is 0.271 e. The number of aromatic nitrogens is 2. The Labute approximate surface area is 188 Å². The van der Waals surface area contributed by atoms with Crippen LogP contribution in [0.5, 0.6) is 0 Å². The molecule has 0 aliphatic carbocycles. The number of halogens is 1. The summed E-state index contributed by atoms with van der Waals surface area (Å²) < 4.78 is 14.8. The fraction of sp³-hybridized carbons (Fsp3) is 0.0833. The lowest BCUT2D eigenvalue weighted by Gasteiger charge is -2.08. The minimum Gasteiger partial charge on any atom is -0.366 e. The molecule has 0 saturated heterocycles. The average Bonchev–Trinajstić information content (AvgIpc) is 3.26. The van der Waals surface area contributed by atoms with Crippen molar-refractivity contribution in [2.24, 2.45) is 5.73 Å². The number of nitrogens with zero attached hydrogens (tertiary/aromatic N) is 2. The van der Waals surface area contributed by atoms with Gasteiger partial charge in [-0.25, -0.2) is 9.37 Å². The van der Waals surface area contributed by atoms with Gasteiger partial charge in [0.05, 0.1) is 0 Å². The number of primary amides is 1. The van der Waals surface area contributed by atoms with Gasteiger partial charge >= 0.3 is 0 Å². The van der Waals surface area contributed by atoms with E-state index in [2.05, 4.69) is 15.6 Å². The highest BCUT2D eigenvalue weighted by molar-refractivity contribution is 5.95. The highest BCUT2D eigenvalue weighted by atomic mass is 19.1. The summed E-state index contributed by atoms with van der Waals surface area (Å²) in [5.41, 5.74) is 7.90.